The van der Waals surface area contributed by atoms with Gasteiger partial charge in [-0.2, -0.15) is 4.98 Å². The van der Waals surface area contributed by atoms with Gasteiger partial charge in [0.05, 0.1) is 6.54 Å². The molecule has 0 spiro atoms. The number of hydrogen-bond acceptors (Lipinski definition) is 5. The van der Waals surface area contributed by atoms with Crippen LogP contribution in [-0.4, -0.2) is 64.5 Å². The first-order chi connectivity index (χ1) is 15.0. The highest BCUT2D eigenvalue weighted by atomic mass is 35.5. The number of halogens is 1. The smallest absolute Gasteiger partial charge is 0.242 e. The van der Waals surface area contributed by atoms with E-state index in [9.17, 15) is 4.79 Å². The Bertz CT molecular complexity index is 880. The summed E-state index contributed by atoms with van der Waals surface area (Å²) in [6, 6.07) is 7.62. The number of benzene rings is 1. The molecular formula is C22H31ClN6O2. The predicted molar refractivity (Wildman–Crippen MR) is 121 cm³/mol. The predicted octanol–water partition coefficient (Wildman–Crippen LogP) is 3.09. The number of carbonyl (C=O) groups is 1. The monoisotopic (exact) mass is 446 g/mol. The summed E-state index contributed by atoms with van der Waals surface area (Å²) in [6.07, 6.45) is 1.50. The zero-order valence-electron chi connectivity index (χ0n) is 18.5. The minimum Gasteiger partial charge on any atom is -0.357 e. The molecule has 0 bridgehead atoms. The van der Waals surface area contributed by atoms with E-state index in [0.29, 0.717) is 43.5 Å². The van der Waals surface area contributed by atoms with E-state index in [1.165, 1.54) is 0 Å². The molecule has 3 rings (SSSR count). The van der Waals surface area contributed by atoms with Crippen LogP contribution in [0.3, 0.4) is 0 Å². The quantitative estimate of drug-likeness (QED) is 0.381. The SMILES string of the molecule is CCNC(=NCCCc1nc(C(C)C)no1)N1CCN(Cc2ccc(Cl)cc2)C(=O)C1. The van der Waals surface area contributed by atoms with Gasteiger partial charge in [-0.1, -0.05) is 42.7 Å². The second-order valence-corrected chi connectivity index (χ2v) is 8.34. The first kappa shape index (κ1) is 23.1. The Morgan fingerprint density at radius 2 is 2.06 bits per heavy atom. The molecule has 0 atom stereocenters. The highest BCUT2D eigenvalue weighted by Crippen LogP contribution is 2.14. The lowest BCUT2D eigenvalue weighted by atomic mass is 10.2. The van der Waals surface area contributed by atoms with Crippen molar-refractivity contribution in [2.45, 2.75) is 46.1 Å². The Morgan fingerprint density at radius 3 is 2.71 bits per heavy atom. The van der Waals surface area contributed by atoms with E-state index in [4.69, 9.17) is 21.1 Å². The number of guanidine groups is 1. The molecule has 0 saturated carbocycles. The van der Waals surface area contributed by atoms with Crippen LogP contribution in [0.1, 0.15) is 50.4 Å². The molecule has 168 valence electrons. The van der Waals surface area contributed by atoms with E-state index in [1.807, 2.05) is 54.8 Å². The van der Waals surface area contributed by atoms with E-state index in [2.05, 4.69) is 15.5 Å². The maximum Gasteiger partial charge on any atom is 0.242 e. The molecule has 1 amide bonds. The molecule has 0 aliphatic carbocycles. The standard InChI is InChI=1S/C22H31ClN6O2/c1-4-24-22(25-11-5-6-19-26-21(16(2)3)27-31-19)29-13-12-28(20(30)15-29)14-17-7-9-18(23)10-8-17/h7-10,16H,4-6,11-15H2,1-3H3,(H,24,25). The van der Waals surface area contributed by atoms with Crippen molar-refractivity contribution in [1.29, 1.82) is 0 Å². The Balaban J connectivity index is 1.51. The van der Waals surface area contributed by atoms with E-state index >= 15 is 0 Å². The van der Waals surface area contributed by atoms with Crippen LogP contribution in [0.15, 0.2) is 33.8 Å². The molecule has 1 aromatic carbocycles. The highest BCUT2D eigenvalue weighted by molar-refractivity contribution is 6.30. The van der Waals surface area contributed by atoms with E-state index < -0.39 is 0 Å². The lowest BCUT2D eigenvalue weighted by Gasteiger charge is -2.36. The molecule has 2 heterocycles. The fourth-order valence-corrected chi connectivity index (χ4v) is 3.44. The van der Waals surface area contributed by atoms with Crippen molar-refractivity contribution >= 4 is 23.5 Å². The number of nitrogens with one attached hydrogen (secondary N) is 1. The summed E-state index contributed by atoms with van der Waals surface area (Å²) < 4.78 is 5.28. The molecule has 0 unspecified atom stereocenters. The highest BCUT2D eigenvalue weighted by Gasteiger charge is 2.26. The fourth-order valence-electron chi connectivity index (χ4n) is 3.31. The topological polar surface area (TPSA) is 86.9 Å². The van der Waals surface area contributed by atoms with Crippen LogP contribution < -0.4 is 5.32 Å². The molecule has 1 aliphatic rings. The van der Waals surface area contributed by atoms with Crippen LogP contribution in [0.2, 0.25) is 5.02 Å². The van der Waals surface area contributed by atoms with Gasteiger partial charge in [0.2, 0.25) is 11.8 Å². The van der Waals surface area contributed by atoms with Crippen molar-refractivity contribution in [2.24, 2.45) is 4.99 Å². The zero-order valence-corrected chi connectivity index (χ0v) is 19.2. The maximum atomic E-state index is 12.7. The fraction of sp³-hybridized carbons (Fsp3) is 0.545. The summed E-state index contributed by atoms with van der Waals surface area (Å²) in [4.78, 5) is 25.7. The van der Waals surface area contributed by atoms with Crippen molar-refractivity contribution in [3.8, 4) is 0 Å². The minimum absolute atomic E-state index is 0.0962. The van der Waals surface area contributed by atoms with Gasteiger partial charge in [0.25, 0.3) is 0 Å². The maximum absolute atomic E-state index is 12.7. The second kappa shape index (κ2) is 11.1. The van der Waals surface area contributed by atoms with Crippen LogP contribution in [0.25, 0.3) is 0 Å². The van der Waals surface area contributed by atoms with Crippen LogP contribution >= 0.6 is 11.6 Å². The van der Waals surface area contributed by atoms with Crippen LogP contribution in [-0.2, 0) is 17.8 Å². The normalized spacial score (nSPS) is 15.1. The summed E-state index contributed by atoms with van der Waals surface area (Å²) in [5.41, 5.74) is 1.08. The molecule has 1 N–H and O–H groups in total. The van der Waals surface area contributed by atoms with Gasteiger partial charge < -0.3 is 19.6 Å². The van der Waals surface area contributed by atoms with Gasteiger partial charge in [0.1, 0.15) is 0 Å². The Kier molecular flexibility index (Phi) is 8.28. The molecule has 9 heteroatoms. The molecule has 1 aromatic heterocycles. The minimum atomic E-state index is 0.0962. The summed E-state index contributed by atoms with van der Waals surface area (Å²) in [5.74, 6) is 2.51. The number of rotatable bonds is 8. The number of hydrogen-bond donors (Lipinski definition) is 1. The second-order valence-electron chi connectivity index (χ2n) is 7.90. The summed E-state index contributed by atoms with van der Waals surface area (Å²) >= 11 is 5.95. The Hall–Kier alpha value is -2.61. The molecule has 2 aromatic rings. The third kappa shape index (κ3) is 6.69. The number of carbonyl (C=O) groups excluding carboxylic acids is 1. The summed E-state index contributed by atoms with van der Waals surface area (Å²) in [6.45, 7) is 9.80. The van der Waals surface area contributed by atoms with Gasteiger partial charge in [-0.05, 0) is 31.0 Å². The third-order valence-electron chi connectivity index (χ3n) is 5.05. The Labute approximate surface area is 188 Å². The van der Waals surface area contributed by atoms with Gasteiger partial charge >= 0.3 is 0 Å². The van der Waals surface area contributed by atoms with Crippen molar-refractivity contribution in [3.05, 3.63) is 46.6 Å². The number of aromatic nitrogens is 2. The van der Waals surface area contributed by atoms with Gasteiger partial charge in [-0.15, -0.1) is 0 Å². The van der Waals surface area contributed by atoms with Gasteiger partial charge in [-0.3, -0.25) is 9.79 Å². The number of aliphatic imine (C=N–C) groups is 1. The molecule has 1 aliphatic heterocycles. The molecular weight excluding hydrogens is 416 g/mol. The Morgan fingerprint density at radius 1 is 1.29 bits per heavy atom. The van der Waals surface area contributed by atoms with Crippen LogP contribution in [0.4, 0.5) is 0 Å². The van der Waals surface area contributed by atoms with Gasteiger partial charge in [0.15, 0.2) is 11.8 Å². The average Bonchev–Trinajstić information content (AvgIpc) is 3.23. The third-order valence-corrected chi connectivity index (χ3v) is 5.30. The number of amides is 1. The number of nitrogens with zero attached hydrogens (tertiary/aromatic N) is 5. The summed E-state index contributed by atoms with van der Waals surface area (Å²) in [5, 5.41) is 7.99. The molecule has 0 radical (unpaired) electrons. The van der Waals surface area contributed by atoms with E-state index in [0.717, 1.165) is 36.9 Å². The molecule has 8 nitrogen and oxygen atoms in total. The lowest BCUT2D eigenvalue weighted by molar-refractivity contribution is -0.135. The first-order valence-corrected chi connectivity index (χ1v) is 11.2. The lowest BCUT2D eigenvalue weighted by Crippen LogP contribution is -2.55. The average molecular weight is 447 g/mol. The van der Waals surface area contributed by atoms with Crippen molar-refractivity contribution in [1.82, 2.24) is 25.3 Å². The zero-order chi connectivity index (χ0) is 22.2. The van der Waals surface area contributed by atoms with Gasteiger partial charge in [0, 0.05) is 50.1 Å². The molecule has 31 heavy (non-hydrogen) atoms. The van der Waals surface area contributed by atoms with Crippen LogP contribution in [0, 0.1) is 0 Å². The van der Waals surface area contributed by atoms with Gasteiger partial charge in [-0.25, -0.2) is 0 Å². The molecule has 1 fully saturated rings. The van der Waals surface area contributed by atoms with E-state index in [-0.39, 0.29) is 11.8 Å². The van der Waals surface area contributed by atoms with E-state index in [1.54, 1.807) is 0 Å². The number of aryl methyl sites for hydroxylation is 1. The number of piperazine rings is 1. The van der Waals surface area contributed by atoms with Crippen molar-refractivity contribution < 1.29 is 9.32 Å². The molecule has 1 saturated heterocycles. The van der Waals surface area contributed by atoms with Crippen molar-refractivity contribution in [3.63, 3.8) is 0 Å². The van der Waals surface area contributed by atoms with Crippen molar-refractivity contribution in [2.75, 3.05) is 32.7 Å². The van der Waals surface area contributed by atoms with Crippen LogP contribution in [0.5, 0.6) is 0 Å². The largest absolute Gasteiger partial charge is 0.357 e. The summed E-state index contributed by atoms with van der Waals surface area (Å²) in [7, 11) is 0. The first-order valence-electron chi connectivity index (χ1n) is 10.8.